The number of anilines is 1. The Morgan fingerprint density at radius 3 is 2.89 bits per heavy atom. The molecule has 0 unspecified atom stereocenters. The molecule has 0 spiro atoms. The lowest BCUT2D eigenvalue weighted by atomic mass is 10.6. The second-order valence-corrected chi connectivity index (χ2v) is 2.69. The van der Waals surface area contributed by atoms with Gasteiger partial charge in [-0.05, 0) is 0 Å². The zero-order valence-electron chi connectivity index (χ0n) is 4.40. The largest absolute Gasteiger partial charge is 0.274 e. The summed E-state index contributed by atoms with van der Waals surface area (Å²) < 4.78 is 0. The van der Waals surface area contributed by atoms with Gasteiger partial charge in [0.1, 0.15) is 0 Å². The molecule has 0 saturated carbocycles. The van der Waals surface area contributed by atoms with Gasteiger partial charge in [-0.3, -0.25) is 4.84 Å². The Hall–Kier alpha value is 0.01000. The Labute approximate surface area is 66.9 Å². The first-order valence-electron chi connectivity index (χ1n) is 2.24. The van der Waals surface area contributed by atoms with Crippen LogP contribution in [0.15, 0.2) is 5.38 Å². The third-order valence-electron chi connectivity index (χ3n) is 0.769. The quantitative estimate of drug-likeness (QED) is 0.562. The Morgan fingerprint density at radius 1 is 1.78 bits per heavy atom. The van der Waals surface area contributed by atoms with E-state index in [0.29, 0.717) is 11.0 Å². The molecule has 1 aromatic heterocycles. The second kappa shape index (κ2) is 3.25. The van der Waals surface area contributed by atoms with Crippen molar-refractivity contribution in [3.8, 4) is 0 Å². The van der Waals surface area contributed by atoms with Crippen LogP contribution in [0.4, 0.5) is 5.13 Å². The van der Waals surface area contributed by atoms with Gasteiger partial charge in [0.15, 0.2) is 5.13 Å². The molecule has 1 rings (SSSR count). The minimum Gasteiger partial charge on any atom is -0.274 e. The van der Waals surface area contributed by atoms with E-state index in [2.05, 4.69) is 9.82 Å². The normalized spacial score (nSPS) is 9.56. The average molecular weight is 183 g/mol. The summed E-state index contributed by atoms with van der Waals surface area (Å²) in [4.78, 5) is 6.39. The molecule has 0 amide bonds. The van der Waals surface area contributed by atoms with Crippen molar-refractivity contribution in [3.63, 3.8) is 0 Å². The highest BCUT2D eigenvalue weighted by Crippen LogP contribution is 2.16. The first kappa shape index (κ1) is 7.12. The van der Waals surface area contributed by atoms with E-state index in [4.69, 9.17) is 23.4 Å². The van der Waals surface area contributed by atoms with Crippen molar-refractivity contribution in [3.05, 3.63) is 11.1 Å². The smallest absolute Gasteiger partial charge is 0.197 e. The van der Waals surface area contributed by atoms with Crippen LogP contribution in [0.5, 0.6) is 0 Å². The van der Waals surface area contributed by atoms with Gasteiger partial charge in [-0.1, -0.05) is 0 Å². The summed E-state index contributed by atoms with van der Waals surface area (Å²) in [6, 6.07) is 0. The van der Waals surface area contributed by atoms with Gasteiger partial charge in [-0.15, -0.1) is 22.9 Å². The maximum atomic E-state index is 5.47. The highest BCUT2D eigenvalue weighted by molar-refractivity contribution is 7.14. The second-order valence-electron chi connectivity index (χ2n) is 1.37. The maximum absolute atomic E-state index is 5.47. The molecule has 0 bridgehead atoms. The van der Waals surface area contributed by atoms with Crippen molar-refractivity contribution >= 4 is 39.8 Å². The fraction of sp³-hybridized carbons (Fsp3) is 0.250. The molecule has 5 heteroatoms. The highest BCUT2D eigenvalue weighted by atomic mass is 35.5. The Bertz CT molecular complexity index is 170. The number of thiazole rings is 1. The molecule has 1 N–H and O–H groups in total. The van der Waals surface area contributed by atoms with E-state index < -0.39 is 0 Å². The third kappa shape index (κ3) is 1.71. The summed E-state index contributed by atoms with van der Waals surface area (Å²) in [5.74, 6) is 0.440. The summed E-state index contributed by atoms with van der Waals surface area (Å²) in [6.45, 7) is 0. The molecular weight excluding hydrogens is 179 g/mol. The molecule has 0 aliphatic rings. The van der Waals surface area contributed by atoms with Crippen molar-refractivity contribution in [2.75, 3.05) is 4.84 Å². The number of aromatic nitrogens is 1. The van der Waals surface area contributed by atoms with Gasteiger partial charge in [0.05, 0.1) is 11.6 Å². The monoisotopic (exact) mass is 182 g/mol. The summed E-state index contributed by atoms with van der Waals surface area (Å²) in [7, 11) is 0. The zero-order valence-corrected chi connectivity index (χ0v) is 6.72. The molecule has 0 radical (unpaired) electrons. The summed E-state index contributed by atoms with van der Waals surface area (Å²) >= 11 is 12.2. The number of alkyl halides is 1. The minimum absolute atomic E-state index is 0.440. The van der Waals surface area contributed by atoms with Crippen LogP contribution < -0.4 is 4.84 Å². The van der Waals surface area contributed by atoms with Crippen molar-refractivity contribution in [1.29, 1.82) is 0 Å². The molecule has 1 heterocycles. The number of halogens is 2. The molecule has 1 aromatic rings. The fourth-order valence-corrected chi connectivity index (χ4v) is 1.41. The molecule has 9 heavy (non-hydrogen) atoms. The summed E-state index contributed by atoms with van der Waals surface area (Å²) in [5, 5.41) is 2.55. The van der Waals surface area contributed by atoms with E-state index in [-0.39, 0.29) is 0 Å². The number of hydrogen-bond donors (Lipinski definition) is 1. The van der Waals surface area contributed by atoms with Gasteiger partial charge in [-0.2, -0.15) is 0 Å². The Morgan fingerprint density at radius 2 is 2.56 bits per heavy atom. The predicted molar refractivity (Wildman–Crippen MR) is 41.1 cm³/mol. The molecule has 0 aromatic carbocycles. The van der Waals surface area contributed by atoms with E-state index in [9.17, 15) is 0 Å². The Kier molecular flexibility index (Phi) is 2.57. The highest BCUT2D eigenvalue weighted by Gasteiger charge is 1.96. The van der Waals surface area contributed by atoms with Crippen molar-refractivity contribution < 1.29 is 0 Å². The topological polar surface area (TPSA) is 24.9 Å². The van der Waals surface area contributed by atoms with Crippen molar-refractivity contribution in [1.82, 2.24) is 4.98 Å². The lowest BCUT2D eigenvalue weighted by Gasteiger charge is -1.83. The summed E-state index contributed by atoms with van der Waals surface area (Å²) in [5.41, 5.74) is 0.852. The molecule has 0 saturated heterocycles. The molecule has 2 nitrogen and oxygen atoms in total. The van der Waals surface area contributed by atoms with Gasteiger partial charge < -0.3 is 0 Å². The first-order valence-corrected chi connectivity index (χ1v) is 4.03. The van der Waals surface area contributed by atoms with E-state index >= 15 is 0 Å². The van der Waals surface area contributed by atoms with Crippen LogP contribution >= 0.6 is 34.7 Å². The maximum Gasteiger partial charge on any atom is 0.197 e. The SMILES string of the molecule is ClCc1csc(NCl)n1. The third-order valence-corrected chi connectivity index (χ3v) is 2.14. The van der Waals surface area contributed by atoms with Crippen LogP contribution in [-0.4, -0.2) is 4.98 Å². The molecule has 0 aliphatic carbocycles. The van der Waals surface area contributed by atoms with Crippen LogP contribution in [0.3, 0.4) is 0 Å². The zero-order chi connectivity index (χ0) is 6.69. The molecular formula is C4H4Cl2N2S. The minimum atomic E-state index is 0.440. The first-order chi connectivity index (χ1) is 4.36. The van der Waals surface area contributed by atoms with Gasteiger partial charge in [0, 0.05) is 17.2 Å². The lowest BCUT2D eigenvalue weighted by molar-refractivity contribution is 1.23. The molecule has 0 aliphatic heterocycles. The van der Waals surface area contributed by atoms with Crippen LogP contribution in [0.25, 0.3) is 0 Å². The summed E-state index contributed by atoms with van der Waals surface area (Å²) in [6.07, 6.45) is 0. The van der Waals surface area contributed by atoms with Crippen LogP contribution in [0, 0.1) is 0 Å². The van der Waals surface area contributed by atoms with E-state index in [1.807, 2.05) is 5.38 Å². The van der Waals surface area contributed by atoms with Crippen LogP contribution in [0.2, 0.25) is 0 Å². The standard InChI is InChI=1S/C4H4Cl2N2S/c5-1-3-2-9-4(7-3)8-6/h2H,1H2,(H,7,8). The molecule has 0 atom stereocenters. The molecule has 50 valence electrons. The van der Waals surface area contributed by atoms with E-state index in [1.54, 1.807) is 0 Å². The molecule has 0 fully saturated rings. The average Bonchev–Trinajstić information content (AvgIpc) is 2.34. The number of hydrogen-bond acceptors (Lipinski definition) is 3. The fourth-order valence-electron chi connectivity index (χ4n) is 0.412. The van der Waals surface area contributed by atoms with Gasteiger partial charge in [-0.25, -0.2) is 4.98 Å². The number of rotatable bonds is 2. The van der Waals surface area contributed by atoms with Crippen LogP contribution in [0.1, 0.15) is 5.69 Å². The van der Waals surface area contributed by atoms with Gasteiger partial charge in [0.25, 0.3) is 0 Å². The van der Waals surface area contributed by atoms with Gasteiger partial charge in [0.2, 0.25) is 0 Å². The lowest BCUT2D eigenvalue weighted by Crippen LogP contribution is -1.79. The van der Waals surface area contributed by atoms with E-state index in [1.165, 1.54) is 11.3 Å². The van der Waals surface area contributed by atoms with Gasteiger partial charge >= 0.3 is 0 Å². The predicted octanol–water partition coefficient (Wildman–Crippen LogP) is 2.45. The van der Waals surface area contributed by atoms with Crippen molar-refractivity contribution in [2.45, 2.75) is 5.88 Å². The number of nitrogens with zero attached hydrogens (tertiary/aromatic N) is 1. The van der Waals surface area contributed by atoms with Crippen molar-refractivity contribution in [2.24, 2.45) is 0 Å². The van der Waals surface area contributed by atoms with E-state index in [0.717, 1.165) is 5.69 Å². The number of nitrogens with one attached hydrogen (secondary N) is 1. The Balaban J connectivity index is 2.74. The van der Waals surface area contributed by atoms with Crippen LogP contribution in [-0.2, 0) is 5.88 Å².